The number of piperazine rings is 1. The molecule has 4 heterocycles. The number of H-pyrrole nitrogens is 1. The molecule has 0 radical (unpaired) electrons. The molecule has 4 aliphatic rings. The molecule has 2 aliphatic heterocycles. The van der Waals surface area contributed by atoms with Gasteiger partial charge in [-0.15, -0.1) is 0 Å². The van der Waals surface area contributed by atoms with Gasteiger partial charge in [0.1, 0.15) is 29.4 Å². The number of hydrogen-bond acceptors (Lipinski definition) is 11. The predicted molar refractivity (Wildman–Crippen MR) is 242 cm³/mol. The van der Waals surface area contributed by atoms with E-state index in [1.807, 2.05) is 18.2 Å². The van der Waals surface area contributed by atoms with Crippen molar-refractivity contribution in [1.29, 1.82) is 0 Å². The van der Waals surface area contributed by atoms with Crippen LogP contribution in [0.3, 0.4) is 0 Å². The second-order valence-corrected chi connectivity index (χ2v) is 19.6. The van der Waals surface area contributed by atoms with Crippen LogP contribution in [0.2, 0.25) is 5.02 Å². The molecule has 336 valence electrons. The number of carbonyl (C=O) groups excluding carboxylic acids is 1. The number of carbonyl (C=O) groups is 1. The SMILES string of the molecule is O=C(NS(=O)(=O)c1ccc(OCC2(F)CCOCC2)c([N+](=O)[O-])c1)c1ccc(N2CCN(CC3=C(c4ccc(Cl)cc4)CCC4(CCCC4)C3)CC2)cc1Oc1cnc2[nH]ccc2c1. The zero-order chi connectivity index (χ0) is 44.5. The number of amides is 1. The van der Waals surface area contributed by atoms with E-state index >= 15 is 4.39 Å². The first-order chi connectivity index (χ1) is 30.8. The van der Waals surface area contributed by atoms with Crippen molar-refractivity contribution in [3.63, 3.8) is 0 Å². The highest BCUT2D eigenvalue weighted by molar-refractivity contribution is 7.90. The summed E-state index contributed by atoms with van der Waals surface area (Å²) in [5.74, 6) is -0.897. The fraction of sp³-hybridized carbons (Fsp3) is 0.404. The molecule has 14 nitrogen and oxygen atoms in total. The molecule has 2 N–H and O–H groups in total. The van der Waals surface area contributed by atoms with Gasteiger partial charge >= 0.3 is 5.69 Å². The van der Waals surface area contributed by atoms with Crippen molar-refractivity contribution in [3.05, 3.63) is 117 Å². The van der Waals surface area contributed by atoms with Gasteiger partial charge in [-0.25, -0.2) is 22.5 Å². The Balaban J connectivity index is 0.932. The van der Waals surface area contributed by atoms with Crippen molar-refractivity contribution in [1.82, 2.24) is 19.6 Å². The number of hydrogen-bond donors (Lipinski definition) is 2. The number of aromatic nitrogens is 2. The number of rotatable bonds is 13. The Morgan fingerprint density at radius 3 is 2.47 bits per heavy atom. The molecule has 5 aromatic rings. The maximum atomic E-state index is 15.2. The summed E-state index contributed by atoms with van der Waals surface area (Å²) in [6.45, 7) is 3.87. The van der Waals surface area contributed by atoms with E-state index in [1.54, 1.807) is 24.4 Å². The maximum absolute atomic E-state index is 15.2. The van der Waals surface area contributed by atoms with Crippen molar-refractivity contribution in [2.45, 2.75) is 68.4 Å². The van der Waals surface area contributed by atoms with Crippen LogP contribution in [-0.2, 0) is 14.8 Å². The molecule has 0 unspecified atom stereocenters. The van der Waals surface area contributed by atoms with Crippen LogP contribution in [0.4, 0.5) is 15.8 Å². The molecular weight excluding hydrogens is 863 g/mol. The van der Waals surface area contributed by atoms with Gasteiger partial charge in [0.15, 0.2) is 5.75 Å². The number of fused-ring (bicyclic) bond motifs is 1. The Morgan fingerprint density at radius 1 is 0.953 bits per heavy atom. The van der Waals surface area contributed by atoms with Gasteiger partial charge in [-0.3, -0.25) is 19.8 Å². The van der Waals surface area contributed by atoms with Crippen molar-refractivity contribution in [2.24, 2.45) is 5.41 Å². The smallest absolute Gasteiger partial charge is 0.312 e. The lowest BCUT2D eigenvalue weighted by Gasteiger charge is -2.41. The predicted octanol–water partition coefficient (Wildman–Crippen LogP) is 9.25. The molecule has 3 fully saturated rings. The van der Waals surface area contributed by atoms with E-state index < -0.39 is 43.7 Å². The molecule has 3 aromatic carbocycles. The molecule has 2 aromatic heterocycles. The number of nitrogens with zero attached hydrogens (tertiary/aromatic N) is 4. The van der Waals surface area contributed by atoms with E-state index in [0.717, 1.165) is 66.8 Å². The number of allylic oxidation sites excluding steroid dienone is 1. The van der Waals surface area contributed by atoms with Gasteiger partial charge in [-0.05, 0) is 97.2 Å². The molecule has 17 heteroatoms. The summed E-state index contributed by atoms with van der Waals surface area (Å²) in [6.07, 6.45) is 12.0. The third-order valence-corrected chi connectivity index (χ3v) is 14.9. The summed E-state index contributed by atoms with van der Waals surface area (Å²) in [6, 6.07) is 19.8. The normalized spacial score (nSPS) is 18.9. The second kappa shape index (κ2) is 18.1. The topological polar surface area (TPSA) is 169 Å². The van der Waals surface area contributed by atoms with Crippen molar-refractivity contribution >= 4 is 55.5 Å². The number of aromatic amines is 1. The van der Waals surface area contributed by atoms with Crippen LogP contribution >= 0.6 is 11.6 Å². The Bertz CT molecular complexity index is 2690. The monoisotopic (exact) mass is 912 g/mol. The lowest BCUT2D eigenvalue weighted by molar-refractivity contribution is -0.386. The highest BCUT2D eigenvalue weighted by Crippen LogP contribution is 2.52. The zero-order valence-corrected chi connectivity index (χ0v) is 36.9. The summed E-state index contributed by atoms with van der Waals surface area (Å²) in [5.41, 5.74) is 3.54. The fourth-order valence-corrected chi connectivity index (χ4v) is 10.8. The molecule has 0 bridgehead atoms. The average Bonchev–Trinajstić information content (AvgIpc) is 3.96. The average molecular weight is 913 g/mol. The number of halogens is 2. The van der Waals surface area contributed by atoms with Crippen LogP contribution in [0.25, 0.3) is 16.6 Å². The Hall–Kier alpha value is -5.55. The summed E-state index contributed by atoms with van der Waals surface area (Å²) in [4.78, 5) is 36.8. The quantitative estimate of drug-likeness (QED) is 0.0853. The van der Waals surface area contributed by atoms with Gasteiger partial charge < -0.3 is 24.1 Å². The van der Waals surface area contributed by atoms with Gasteiger partial charge in [0.05, 0.1) is 21.6 Å². The van der Waals surface area contributed by atoms with Gasteiger partial charge in [0, 0.05) is 93.2 Å². The van der Waals surface area contributed by atoms with Gasteiger partial charge in [-0.1, -0.05) is 42.1 Å². The van der Waals surface area contributed by atoms with Crippen LogP contribution in [0.5, 0.6) is 17.2 Å². The third kappa shape index (κ3) is 9.60. The van der Waals surface area contributed by atoms with E-state index in [1.165, 1.54) is 61.1 Å². The number of benzene rings is 3. The van der Waals surface area contributed by atoms with E-state index in [2.05, 4.69) is 36.6 Å². The standard InChI is InChI=1S/C47H50ClFN6O8S/c48-35-5-3-32(4-6-35)39-11-15-46(13-1-2-14-46)28-34(39)30-53-19-21-54(22-20-53)36-7-9-40(43(26-36)63-37-25-33-12-18-50-44(33)51-29-37)45(56)52-64(59,60)38-8-10-42(41(27-38)55(57)58)62-31-47(49)16-23-61-24-17-47/h3-10,12,18,25-27,29H,1-2,11,13-17,19-24,28,30-31H2,(H,50,51)(H,52,56). The fourth-order valence-electron chi connectivity index (χ4n) is 9.69. The number of sulfonamides is 1. The molecule has 1 saturated carbocycles. The molecule has 2 saturated heterocycles. The lowest BCUT2D eigenvalue weighted by atomic mass is 9.69. The molecular formula is C47H50ClFN6O8S. The Morgan fingerprint density at radius 2 is 1.72 bits per heavy atom. The summed E-state index contributed by atoms with van der Waals surface area (Å²) in [7, 11) is -4.67. The highest BCUT2D eigenvalue weighted by atomic mass is 35.5. The third-order valence-electron chi connectivity index (χ3n) is 13.3. The number of nitro groups is 1. The van der Waals surface area contributed by atoms with Crippen LogP contribution < -0.4 is 19.1 Å². The number of ether oxygens (including phenoxy) is 3. The minimum absolute atomic E-state index is 0.0616. The van der Waals surface area contributed by atoms with Crippen LogP contribution in [0.15, 0.2) is 95.7 Å². The summed E-state index contributed by atoms with van der Waals surface area (Å²) >= 11 is 6.27. The second-order valence-electron chi connectivity index (χ2n) is 17.5. The molecule has 1 spiro atoms. The van der Waals surface area contributed by atoms with Crippen molar-refractivity contribution in [3.8, 4) is 17.2 Å². The highest BCUT2D eigenvalue weighted by Gasteiger charge is 2.39. The number of anilines is 1. The first kappa shape index (κ1) is 43.7. The Kier molecular flexibility index (Phi) is 12.4. The number of alkyl halides is 1. The van der Waals surface area contributed by atoms with Gasteiger partial charge in [-0.2, -0.15) is 0 Å². The van der Waals surface area contributed by atoms with Crippen molar-refractivity contribution in [2.75, 3.05) is 57.4 Å². The van der Waals surface area contributed by atoms with E-state index in [-0.39, 0.29) is 43.1 Å². The van der Waals surface area contributed by atoms with Gasteiger partial charge in [0.2, 0.25) is 0 Å². The van der Waals surface area contributed by atoms with Crippen LogP contribution in [0, 0.1) is 15.5 Å². The first-order valence-corrected chi connectivity index (χ1v) is 23.6. The summed E-state index contributed by atoms with van der Waals surface area (Å²) in [5, 5.41) is 13.6. The number of nitrogens with one attached hydrogen (secondary N) is 2. The van der Waals surface area contributed by atoms with E-state index in [4.69, 9.17) is 25.8 Å². The van der Waals surface area contributed by atoms with E-state index in [0.29, 0.717) is 29.9 Å². The maximum Gasteiger partial charge on any atom is 0.312 e. The number of pyridine rings is 1. The van der Waals surface area contributed by atoms with Crippen LogP contribution in [0.1, 0.15) is 73.7 Å². The zero-order valence-electron chi connectivity index (χ0n) is 35.3. The first-order valence-electron chi connectivity index (χ1n) is 21.8. The Labute approximate surface area is 375 Å². The molecule has 2 aliphatic carbocycles. The molecule has 64 heavy (non-hydrogen) atoms. The minimum Gasteiger partial charge on any atom is -0.483 e. The van der Waals surface area contributed by atoms with E-state index in [9.17, 15) is 23.3 Å². The van der Waals surface area contributed by atoms with Crippen molar-refractivity contribution < 1.29 is 36.7 Å². The molecule has 9 rings (SSSR count). The van der Waals surface area contributed by atoms with Crippen LogP contribution in [-0.4, -0.2) is 92.3 Å². The largest absolute Gasteiger partial charge is 0.483 e. The lowest BCUT2D eigenvalue weighted by Crippen LogP contribution is -2.47. The minimum atomic E-state index is -4.67. The number of nitro benzene ring substituents is 1. The van der Waals surface area contributed by atoms with Gasteiger partial charge in [0.25, 0.3) is 15.9 Å². The molecule has 0 atom stereocenters. The summed E-state index contributed by atoms with van der Waals surface area (Å²) < 4.78 is 61.6. The molecule has 1 amide bonds.